The minimum absolute atomic E-state index is 0.152. The largest absolute Gasteiger partial charge is 0.355 e. The molecule has 0 fully saturated rings. The Morgan fingerprint density at radius 2 is 1.66 bits per heavy atom. The van der Waals surface area contributed by atoms with Gasteiger partial charge in [0.25, 0.3) is 5.91 Å². The van der Waals surface area contributed by atoms with Crippen LogP contribution in [0.15, 0.2) is 79.1 Å². The van der Waals surface area contributed by atoms with E-state index < -0.39 is 0 Å². The molecule has 1 aliphatic carbocycles. The summed E-state index contributed by atoms with van der Waals surface area (Å²) >= 11 is 0. The van der Waals surface area contributed by atoms with Gasteiger partial charge in [-0.25, -0.2) is 0 Å². The van der Waals surface area contributed by atoms with Gasteiger partial charge in [0.05, 0.1) is 0 Å². The molecule has 5 rings (SSSR count). The van der Waals surface area contributed by atoms with Crippen molar-refractivity contribution in [2.75, 3.05) is 16.0 Å². The van der Waals surface area contributed by atoms with Gasteiger partial charge in [-0.3, -0.25) is 14.8 Å². The molecule has 6 nitrogen and oxygen atoms in total. The molecule has 0 saturated heterocycles. The van der Waals surface area contributed by atoms with E-state index in [1.807, 2.05) is 79.9 Å². The summed E-state index contributed by atoms with van der Waals surface area (Å²) in [5.74, 6) is -0.152. The molecule has 0 aliphatic heterocycles. The summed E-state index contributed by atoms with van der Waals surface area (Å²) in [6.45, 7) is 1.95. The molecule has 0 spiro atoms. The highest BCUT2D eigenvalue weighted by Gasteiger charge is 2.19. The number of nitrogens with one attached hydrogen (secondary N) is 3. The molecule has 7 heteroatoms. The average Bonchev–Trinajstić information content (AvgIpc) is 2.85. The van der Waals surface area contributed by atoms with Crippen LogP contribution in [0.5, 0.6) is 0 Å². The molecule has 3 N–H and O–H groups in total. The predicted octanol–water partition coefficient (Wildman–Crippen LogP) is 6.26. The molecule has 2 heterocycles. The van der Waals surface area contributed by atoms with Gasteiger partial charge in [0.1, 0.15) is 0 Å². The number of rotatable bonds is 6. The number of nitrogens with zero attached hydrogens (tertiary/aromatic N) is 2. The van der Waals surface area contributed by atoms with Crippen LogP contribution in [-0.2, 0) is 12.8 Å². The van der Waals surface area contributed by atoms with E-state index in [4.69, 9.17) is 0 Å². The molecule has 35 heavy (non-hydrogen) atoms. The zero-order valence-electron chi connectivity index (χ0n) is 19.6. The molecule has 0 radical (unpaired) electrons. The van der Waals surface area contributed by atoms with Gasteiger partial charge in [0.2, 0.25) is 0 Å². The van der Waals surface area contributed by atoms with E-state index in [9.17, 15) is 4.79 Å². The summed E-state index contributed by atoms with van der Waals surface area (Å²) in [5.41, 5.74) is 9.19. The van der Waals surface area contributed by atoms with E-state index in [0.29, 0.717) is 11.2 Å². The van der Waals surface area contributed by atoms with Crippen molar-refractivity contribution in [3.05, 3.63) is 102 Å². The van der Waals surface area contributed by atoms with E-state index in [1.165, 1.54) is 11.3 Å². The SMILES string of the molecule is Cc1cc(Nc2cccc(NC(=O)c3ccc(Nc4ccnc5c4CC(P)CC5)cc3)c2)ccn1. The highest BCUT2D eigenvalue weighted by atomic mass is 31.0. The van der Waals surface area contributed by atoms with E-state index in [-0.39, 0.29) is 5.91 Å². The second-order valence-electron chi connectivity index (χ2n) is 8.83. The Hall–Kier alpha value is -3.76. The number of fused-ring (bicyclic) bond motifs is 1. The number of anilines is 5. The Morgan fingerprint density at radius 3 is 2.49 bits per heavy atom. The van der Waals surface area contributed by atoms with Crippen LogP contribution in [0.1, 0.15) is 33.7 Å². The minimum Gasteiger partial charge on any atom is -0.355 e. The van der Waals surface area contributed by atoms with Crippen LogP contribution in [0.4, 0.5) is 28.4 Å². The fourth-order valence-corrected chi connectivity index (χ4v) is 4.71. The van der Waals surface area contributed by atoms with E-state index in [0.717, 1.165) is 53.4 Å². The summed E-state index contributed by atoms with van der Waals surface area (Å²) in [4.78, 5) is 21.6. The van der Waals surface area contributed by atoms with Gasteiger partial charge in [0.15, 0.2) is 0 Å². The lowest BCUT2D eigenvalue weighted by atomic mass is 9.94. The molecule has 1 amide bonds. The van der Waals surface area contributed by atoms with E-state index in [1.54, 1.807) is 6.20 Å². The maximum atomic E-state index is 12.9. The van der Waals surface area contributed by atoms with Crippen molar-refractivity contribution in [1.82, 2.24) is 9.97 Å². The molecule has 2 aromatic heterocycles. The number of carbonyl (C=O) groups excluding carboxylic acids is 1. The van der Waals surface area contributed by atoms with Gasteiger partial charge < -0.3 is 16.0 Å². The standard InChI is InChI=1S/C28H28N5OP/c1-18-15-23(11-13-29-18)31-21-3-2-4-22(16-21)33-28(34)19-5-7-20(8-6-19)32-27-12-14-30-26-10-9-24(35)17-25(26)27/h2-8,11-16,24H,9-10,17,35H2,1H3,(H,29,31)(H,30,32)(H,33,34). The first kappa shape index (κ1) is 23.0. The monoisotopic (exact) mass is 481 g/mol. The lowest BCUT2D eigenvalue weighted by Crippen LogP contribution is -2.16. The number of pyridine rings is 2. The van der Waals surface area contributed by atoms with Gasteiger partial charge in [-0.15, -0.1) is 9.24 Å². The van der Waals surface area contributed by atoms with E-state index in [2.05, 4.69) is 35.2 Å². The fourth-order valence-electron chi connectivity index (χ4n) is 4.31. The molecule has 176 valence electrons. The van der Waals surface area contributed by atoms with Crippen molar-refractivity contribution >= 4 is 43.6 Å². The third-order valence-electron chi connectivity index (χ3n) is 6.10. The third-order valence-corrected chi connectivity index (χ3v) is 6.66. The highest BCUT2D eigenvalue weighted by molar-refractivity contribution is 7.17. The molecule has 0 saturated carbocycles. The van der Waals surface area contributed by atoms with Crippen LogP contribution in [0.3, 0.4) is 0 Å². The molecule has 0 bridgehead atoms. The zero-order chi connectivity index (χ0) is 24.2. The number of aryl methyl sites for hydroxylation is 2. The van der Waals surface area contributed by atoms with Gasteiger partial charge in [0, 0.05) is 57.8 Å². The number of carbonyl (C=O) groups is 1. The fraction of sp³-hybridized carbons (Fsp3) is 0.179. The van der Waals surface area contributed by atoms with Crippen molar-refractivity contribution in [3.63, 3.8) is 0 Å². The van der Waals surface area contributed by atoms with Crippen molar-refractivity contribution in [2.24, 2.45) is 0 Å². The lowest BCUT2D eigenvalue weighted by Gasteiger charge is -2.23. The smallest absolute Gasteiger partial charge is 0.255 e. The minimum atomic E-state index is -0.152. The second kappa shape index (κ2) is 10.2. The van der Waals surface area contributed by atoms with Crippen LogP contribution in [0.25, 0.3) is 0 Å². The third kappa shape index (κ3) is 5.67. The number of benzene rings is 2. The van der Waals surface area contributed by atoms with Crippen molar-refractivity contribution in [3.8, 4) is 0 Å². The highest BCUT2D eigenvalue weighted by Crippen LogP contribution is 2.31. The first-order valence-electron chi connectivity index (χ1n) is 11.7. The van der Waals surface area contributed by atoms with Crippen molar-refractivity contribution in [1.29, 1.82) is 0 Å². The summed E-state index contributed by atoms with van der Waals surface area (Å²) in [5, 5.41) is 9.85. The topological polar surface area (TPSA) is 78.9 Å². The molecule has 1 aliphatic rings. The lowest BCUT2D eigenvalue weighted by molar-refractivity contribution is 0.102. The quantitative estimate of drug-likeness (QED) is 0.284. The molecule has 4 aromatic rings. The molecule has 2 aromatic carbocycles. The van der Waals surface area contributed by atoms with Crippen molar-refractivity contribution < 1.29 is 4.79 Å². The predicted molar refractivity (Wildman–Crippen MR) is 146 cm³/mol. The van der Waals surface area contributed by atoms with Crippen LogP contribution < -0.4 is 16.0 Å². The Morgan fingerprint density at radius 1 is 0.886 bits per heavy atom. The normalized spacial score (nSPS) is 14.6. The van der Waals surface area contributed by atoms with Gasteiger partial charge in [-0.1, -0.05) is 6.07 Å². The Labute approximate surface area is 207 Å². The van der Waals surface area contributed by atoms with Crippen LogP contribution >= 0.6 is 9.24 Å². The van der Waals surface area contributed by atoms with E-state index >= 15 is 0 Å². The van der Waals surface area contributed by atoms with Gasteiger partial charge in [-0.05, 0) is 98.1 Å². The zero-order valence-corrected chi connectivity index (χ0v) is 20.7. The average molecular weight is 482 g/mol. The number of hydrogen-bond donors (Lipinski definition) is 3. The summed E-state index contributed by atoms with van der Waals surface area (Å²) < 4.78 is 0. The maximum absolute atomic E-state index is 12.9. The van der Waals surface area contributed by atoms with Crippen LogP contribution in [0, 0.1) is 6.92 Å². The molecule has 2 unspecified atom stereocenters. The summed E-state index contributed by atoms with van der Waals surface area (Å²) in [6, 6.07) is 21.1. The summed E-state index contributed by atoms with van der Waals surface area (Å²) in [6.07, 6.45) is 6.80. The van der Waals surface area contributed by atoms with Gasteiger partial charge in [-0.2, -0.15) is 0 Å². The first-order valence-corrected chi connectivity index (χ1v) is 12.4. The van der Waals surface area contributed by atoms with Gasteiger partial charge >= 0.3 is 0 Å². The molecule has 2 atom stereocenters. The Kier molecular flexibility index (Phi) is 6.73. The molecular formula is C28H28N5OP. The maximum Gasteiger partial charge on any atom is 0.255 e. The Balaban J connectivity index is 1.25. The van der Waals surface area contributed by atoms with Crippen LogP contribution in [0.2, 0.25) is 0 Å². The molecular weight excluding hydrogens is 453 g/mol. The number of aromatic nitrogens is 2. The second-order valence-corrected chi connectivity index (χ2v) is 9.78. The van der Waals surface area contributed by atoms with Crippen LogP contribution in [-0.4, -0.2) is 21.5 Å². The summed E-state index contributed by atoms with van der Waals surface area (Å²) in [7, 11) is 2.94. The number of hydrogen-bond acceptors (Lipinski definition) is 5. The number of amides is 1. The first-order chi connectivity index (χ1) is 17.0. The van der Waals surface area contributed by atoms with Crippen molar-refractivity contribution in [2.45, 2.75) is 31.8 Å². The Bertz CT molecular complexity index is 1360.